The van der Waals surface area contributed by atoms with Crippen LogP contribution >= 0.6 is 0 Å². The highest BCUT2D eigenvalue weighted by Gasteiger charge is 2.35. The SMILES string of the molecule is COc1cccc(C2(O)CCCN(CCOc3ccccc3)C2)c1. The standard InChI is InChI=1S/C20H25NO3/c1-23-19-10-5-7-17(15-19)20(22)11-6-12-21(16-20)13-14-24-18-8-3-2-4-9-18/h2-5,7-10,15,22H,6,11-14,16H2,1H3. The molecule has 1 atom stereocenters. The number of hydrogen-bond acceptors (Lipinski definition) is 4. The molecule has 1 N–H and O–H groups in total. The monoisotopic (exact) mass is 327 g/mol. The fourth-order valence-corrected chi connectivity index (χ4v) is 3.27. The van der Waals surface area contributed by atoms with Crippen LogP contribution in [0.4, 0.5) is 0 Å². The maximum atomic E-state index is 11.1. The number of para-hydroxylation sites is 1. The molecule has 1 unspecified atom stereocenters. The average molecular weight is 327 g/mol. The predicted molar refractivity (Wildman–Crippen MR) is 94.5 cm³/mol. The lowest BCUT2D eigenvalue weighted by Crippen LogP contribution is -2.47. The van der Waals surface area contributed by atoms with E-state index in [1.165, 1.54) is 0 Å². The molecule has 0 radical (unpaired) electrons. The first kappa shape index (κ1) is 16.8. The third-order valence-corrected chi connectivity index (χ3v) is 4.58. The first-order chi connectivity index (χ1) is 11.7. The highest BCUT2D eigenvalue weighted by molar-refractivity contribution is 5.33. The Hall–Kier alpha value is -2.04. The smallest absolute Gasteiger partial charge is 0.119 e. The van der Waals surface area contributed by atoms with Crippen LogP contribution in [0, 0.1) is 0 Å². The quantitative estimate of drug-likeness (QED) is 0.885. The number of methoxy groups -OCH3 is 1. The molecule has 128 valence electrons. The normalized spacial score (nSPS) is 21.4. The minimum atomic E-state index is -0.820. The molecule has 1 aliphatic heterocycles. The zero-order valence-electron chi connectivity index (χ0n) is 14.1. The van der Waals surface area contributed by atoms with Gasteiger partial charge in [0.25, 0.3) is 0 Å². The Morgan fingerprint density at radius 2 is 1.88 bits per heavy atom. The van der Waals surface area contributed by atoms with Gasteiger partial charge in [-0.3, -0.25) is 4.90 Å². The molecule has 0 spiro atoms. The van der Waals surface area contributed by atoms with Gasteiger partial charge in [-0.25, -0.2) is 0 Å². The number of benzene rings is 2. The van der Waals surface area contributed by atoms with E-state index in [0.29, 0.717) is 13.2 Å². The molecule has 1 fully saturated rings. The Morgan fingerprint density at radius 1 is 1.08 bits per heavy atom. The van der Waals surface area contributed by atoms with Crippen molar-refractivity contribution in [2.75, 3.05) is 33.4 Å². The third kappa shape index (κ3) is 4.08. The van der Waals surface area contributed by atoms with E-state index in [4.69, 9.17) is 9.47 Å². The zero-order chi connectivity index (χ0) is 16.8. The van der Waals surface area contributed by atoms with Crippen molar-refractivity contribution in [1.82, 2.24) is 4.90 Å². The van der Waals surface area contributed by atoms with Crippen LogP contribution < -0.4 is 9.47 Å². The van der Waals surface area contributed by atoms with Crippen LogP contribution in [0.2, 0.25) is 0 Å². The Labute approximate surface area is 143 Å². The lowest BCUT2D eigenvalue weighted by Gasteiger charge is -2.39. The van der Waals surface area contributed by atoms with Crippen LogP contribution in [0.5, 0.6) is 11.5 Å². The number of nitrogens with zero attached hydrogens (tertiary/aromatic N) is 1. The van der Waals surface area contributed by atoms with Gasteiger partial charge in [0.2, 0.25) is 0 Å². The van der Waals surface area contributed by atoms with E-state index < -0.39 is 5.60 Å². The van der Waals surface area contributed by atoms with Crippen molar-refractivity contribution in [3.05, 3.63) is 60.2 Å². The molecule has 1 heterocycles. The number of aliphatic hydroxyl groups is 1. The minimum Gasteiger partial charge on any atom is -0.497 e. The van der Waals surface area contributed by atoms with Crippen molar-refractivity contribution >= 4 is 0 Å². The van der Waals surface area contributed by atoms with Gasteiger partial charge >= 0.3 is 0 Å². The zero-order valence-corrected chi connectivity index (χ0v) is 14.1. The van der Waals surface area contributed by atoms with Crippen molar-refractivity contribution in [1.29, 1.82) is 0 Å². The molecule has 1 aliphatic rings. The lowest BCUT2D eigenvalue weighted by molar-refractivity contribution is -0.0381. The van der Waals surface area contributed by atoms with Gasteiger partial charge in [0.1, 0.15) is 23.7 Å². The predicted octanol–water partition coefficient (Wildman–Crippen LogP) is 3.06. The molecule has 4 heteroatoms. The van der Waals surface area contributed by atoms with Gasteiger partial charge in [0, 0.05) is 13.1 Å². The van der Waals surface area contributed by atoms with Gasteiger partial charge in [-0.1, -0.05) is 30.3 Å². The molecule has 2 aromatic rings. The molecular weight excluding hydrogens is 302 g/mol. The lowest BCUT2D eigenvalue weighted by atomic mass is 9.85. The maximum Gasteiger partial charge on any atom is 0.119 e. The molecule has 24 heavy (non-hydrogen) atoms. The number of likely N-dealkylation sites (tertiary alicyclic amines) is 1. The molecule has 0 aromatic heterocycles. The summed E-state index contributed by atoms with van der Waals surface area (Å²) in [5.74, 6) is 1.67. The van der Waals surface area contributed by atoms with Crippen LogP contribution in [0.1, 0.15) is 18.4 Å². The van der Waals surface area contributed by atoms with E-state index in [1.54, 1.807) is 7.11 Å². The Balaban J connectivity index is 1.59. The Morgan fingerprint density at radius 3 is 2.67 bits per heavy atom. The number of piperidine rings is 1. The van der Waals surface area contributed by atoms with Crippen LogP contribution in [-0.2, 0) is 5.60 Å². The highest BCUT2D eigenvalue weighted by Crippen LogP contribution is 2.33. The molecular formula is C20H25NO3. The topological polar surface area (TPSA) is 41.9 Å². The van der Waals surface area contributed by atoms with Gasteiger partial charge in [0.15, 0.2) is 0 Å². The van der Waals surface area contributed by atoms with Crippen LogP contribution in [0.15, 0.2) is 54.6 Å². The maximum absolute atomic E-state index is 11.1. The number of β-amino-alcohol motifs (C(OH)–C–C–N with tert-alkyl or cyclic N) is 1. The minimum absolute atomic E-state index is 0.623. The second-order valence-electron chi connectivity index (χ2n) is 6.30. The molecule has 4 nitrogen and oxygen atoms in total. The van der Waals surface area contributed by atoms with Crippen molar-refractivity contribution in [3.8, 4) is 11.5 Å². The van der Waals surface area contributed by atoms with E-state index in [0.717, 1.165) is 43.0 Å². The van der Waals surface area contributed by atoms with Gasteiger partial charge in [-0.05, 0) is 49.2 Å². The Kier molecular flexibility index (Phi) is 5.38. The van der Waals surface area contributed by atoms with Crippen molar-refractivity contribution in [3.63, 3.8) is 0 Å². The summed E-state index contributed by atoms with van der Waals surface area (Å²) in [6.45, 7) is 3.04. The van der Waals surface area contributed by atoms with E-state index in [2.05, 4.69) is 4.90 Å². The molecule has 0 saturated carbocycles. The number of ether oxygens (including phenoxy) is 2. The molecule has 0 aliphatic carbocycles. The van der Waals surface area contributed by atoms with E-state index >= 15 is 0 Å². The summed E-state index contributed by atoms with van der Waals surface area (Å²) in [7, 11) is 1.65. The average Bonchev–Trinajstić information content (AvgIpc) is 2.63. The number of rotatable bonds is 6. The van der Waals surface area contributed by atoms with E-state index in [-0.39, 0.29) is 0 Å². The van der Waals surface area contributed by atoms with Crippen LogP contribution in [0.3, 0.4) is 0 Å². The summed E-state index contributed by atoms with van der Waals surface area (Å²) in [5, 5.41) is 11.1. The largest absolute Gasteiger partial charge is 0.497 e. The van der Waals surface area contributed by atoms with E-state index in [9.17, 15) is 5.11 Å². The second-order valence-corrected chi connectivity index (χ2v) is 6.30. The van der Waals surface area contributed by atoms with Gasteiger partial charge in [0.05, 0.1) is 7.11 Å². The van der Waals surface area contributed by atoms with Crippen molar-refractivity contribution in [2.45, 2.75) is 18.4 Å². The molecule has 3 rings (SSSR count). The summed E-state index contributed by atoms with van der Waals surface area (Å²) in [4.78, 5) is 2.27. The number of hydrogen-bond donors (Lipinski definition) is 1. The molecule has 0 bridgehead atoms. The fourth-order valence-electron chi connectivity index (χ4n) is 3.27. The van der Waals surface area contributed by atoms with E-state index in [1.807, 2.05) is 54.6 Å². The van der Waals surface area contributed by atoms with Gasteiger partial charge in [-0.15, -0.1) is 0 Å². The summed E-state index contributed by atoms with van der Waals surface area (Å²) in [6, 6.07) is 17.6. The molecule has 1 saturated heterocycles. The van der Waals surface area contributed by atoms with Crippen molar-refractivity contribution in [2.24, 2.45) is 0 Å². The van der Waals surface area contributed by atoms with Crippen LogP contribution in [0.25, 0.3) is 0 Å². The van der Waals surface area contributed by atoms with Gasteiger partial charge in [-0.2, -0.15) is 0 Å². The molecule has 0 amide bonds. The first-order valence-electron chi connectivity index (χ1n) is 8.47. The third-order valence-electron chi connectivity index (χ3n) is 4.58. The van der Waals surface area contributed by atoms with Gasteiger partial charge < -0.3 is 14.6 Å². The first-order valence-corrected chi connectivity index (χ1v) is 8.47. The summed E-state index contributed by atoms with van der Waals surface area (Å²) >= 11 is 0. The fraction of sp³-hybridized carbons (Fsp3) is 0.400. The summed E-state index contributed by atoms with van der Waals surface area (Å²) in [5.41, 5.74) is 0.107. The Bertz CT molecular complexity index is 646. The second kappa shape index (κ2) is 7.69. The summed E-state index contributed by atoms with van der Waals surface area (Å²) in [6.07, 6.45) is 1.75. The summed E-state index contributed by atoms with van der Waals surface area (Å²) < 4.78 is 11.1. The van der Waals surface area contributed by atoms with Crippen molar-refractivity contribution < 1.29 is 14.6 Å². The van der Waals surface area contributed by atoms with Crippen LogP contribution in [-0.4, -0.2) is 43.4 Å². The highest BCUT2D eigenvalue weighted by atomic mass is 16.5. The molecule has 2 aromatic carbocycles.